The van der Waals surface area contributed by atoms with Gasteiger partial charge in [-0.15, -0.1) is 0 Å². The molecular formula is C15H19N3O2. The van der Waals surface area contributed by atoms with Gasteiger partial charge < -0.3 is 14.4 Å². The number of amides is 1. The van der Waals surface area contributed by atoms with Gasteiger partial charge in [0.15, 0.2) is 0 Å². The third kappa shape index (κ3) is 2.18. The largest absolute Gasteiger partial charge is 0.395 e. The highest BCUT2D eigenvalue weighted by atomic mass is 16.3. The summed E-state index contributed by atoms with van der Waals surface area (Å²) >= 11 is 0. The van der Waals surface area contributed by atoms with Crippen LogP contribution in [0, 0.1) is 6.92 Å². The van der Waals surface area contributed by atoms with Crippen molar-refractivity contribution in [2.75, 3.05) is 13.2 Å². The zero-order valence-corrected chi connectivity index (χ0v) is 11.6. The first-order valence-corrected chi connectivity index (χ1v) is 7.07. The number of hydrogen-bond acceptors (Lipinski definition) is 3. The molecule has 1 saturated carbocycles. The second-order valence-corrected chi connectivity index (χ2v) is 5.33. The minimum atomic E-state index is -0.0770. The molecule has 0 aliphatic heterocycles. The smallest absolute Gasteiger partial charge is 0.274 e. The van der Waals surface area contributed by atoms with Crippen molar-refractivity contribution in [3.05, 3.63) is 35.8 Å². The summed E-state index contributed by atoms with van der Waals surface area (Å²) in [6, 6.07) is 6.08. The highest BCUT2D eigenvalue weighted by Crippen LogP contribution is 2.26. The lowest BCUT2D eigenvalue weighted by molar-refractivity contribution is 0.0520. The van der Waals surface area contributed by atoms with Gasteiger partial charge in [-0.3, -0.25) is 4.79 Å². The lowest BCUT2D eigenvalue weighted by atomic mass is 9.91. The number of pyridine rings is 1. The summed E-state index contributed by atoms with van der Waals surface area (Å²) in [5, 5.41) is 9.17. The van der Waals surface area contributed by atoms with Gasteiger partial charge in [-0.05, 0) is 38.3 Å². The van der Waals surface area contributed by atoms with E-state index in [1.807, 2.05) is 29.5 Å². The summed E-state index contributed by atoms with van der Waals surface area (Å²) < 4.78 is 1.92. The molecule has 2 aromatic heterocycles. The van der Waals surface area contributed by atoms with Gasteiger partial charge in [0.25, 0.3) is 5.91 Å². The first-order chi connectivity index (χ1) is 9.70. The van der Waals surface area contributed by atoms with E-state index in [0.29, 0.717) is 12.2 Å². The maximum Gasteiger partial charge on any atom is 0.274 e. The number of rotatable bonds is 4. The van der Waals surface area contributed by atoms with Gasteiger partial charge in [0.2, 0.25) is 0 Å². The lowest BCUT2D eigenvalue weighted by Gasteiger charge is -2.36. The highest BCUT2D eigenvalue weighted by Gasteiger charge is 2.30. The Morgan fingerprint density at radius 2 is 2.30 bits per heavy atom. The Labute approximate surface area is 117 Å². The van der Waals surface area contributed by atoms with Gasteiger partial charge in [0, 0.05) is 24.5 Å². The van der Waals surface area contributed by atoms with E-state index in [4.69, 9.17) is 5.11 Å². The molecule has 0 aromatic carbocycles. The van der Waals surface area contributed by atoms with Crippen LogP contribution in [-0.4, -0.2) is 44.5 Å². The molecule has 0 bridgehead atoms. The lowest BCUT2D eigenvalue weighted by Crippen LogP contribution is -2.45. The molecule has 0 spiro atoms. The van der Waals surface area contributed by atoms with Gasteiger partial charge in [-0.25, -0.2) is 4.98 Å². The van der Waals surface area contributed by atoms with Crippen LogP contribution in [0.1, 0.15) is 35.4 Å². The van der Waals surface area contributed by atoms with E-state index in [2.05, 4.69) is 4.98 Å². The predicted octanol–water partition coefficient (Wildman–Crippen LogP) is 1.63. The normalized spacial score (nSPS) is 15.3. The number of hydrogen-bond donors (Lipinski definition) is 1. The monoisotopic (exact) mass is 273 g/mol. The molecule has 5 nitrogen and oxygen atoms in total. The van der Waals surface area contributed by atoms with Crippen molar-refractivity contribution in [2.24, 2.45) is 0 Å². The fourth-order valence-corrected chi connectivity index (χ4v) is 2.65. The summed E-state index contributed by atoms with van der Waals surface area (Å²) in [6.07, 6.45) is 5.00. The summed E-state index contributed by atoms with van der Waals surface area (Å²) in [4.78, 5) is 18.8. The topological polar surface area (TPSA) is 57.8 Å². The van der Waals surface area contributed by atoms with Crippen molar-refractivity contribution >= 4 is 11.6 Å². The number of aromatic nitrogens is 2. The number of imidazole rings is 1. The van der Waals surface area contributed by atoms with Gasteiger partial charge in [-0.1, -0.05) is 6.07 Å². The van der Waals surface area contributed by atoms with Crippen molar-refractivity contribution in [3.8, 4) is 0 Å². The van der Waals surface area contributed by atoms with Crippen LogP contribution < -0.4 is 0 Å². The van der Waals surface area contributed by atoms with Crippen LogP contribution in [0.25, 0.3) is 5.65 Å². The summed E-state index contributed by atoms with van der Waals surface area (Å²) in [5.74, 6) is -0.0770. The summed E-state index contributed by atoms with van der Waals surface area (Å²) in [6.45, 7) is 2.37. The zero-order chi connectivity index (χ0) is 14.1. The Bertz CT molecular complexity index is 631. The third-order valence-electron chi connectivity index (χ3n) is 4.03. The van der Waals surface area contributed by atoms with Crippen LogP contribution in [-0.2, 0) is 0 Å². The molecule has 5 heteroatoms. The quantitative estimate of drug-likeness (QED) is 0.921. The molecule has 2 heterocycles. The molecule has 20 heavy (non-hydrogen) atoms. The van der Waals surface area contributed by atoms with Gasteiger partial charge in [0.05, 0.1) is 6.61 Å². The molecule has 0 atom stereocenters. The number of aliphatic hydroxyl groups is 1. The van der Waals surface area contributed by atoms with E-state index in [0.717, 1.165) is 30.6 Å². The Balaban J connectivity index is 1.92. The molecule has 1 fully saturated rings. The fraction of sp³-hybridized carbons (Fsp3) is 0.467. The molecule has 2 aromatic rings. The molecule has 1 aliphatic rings. The molecule has 1 N–H and O–H groups in total. The maximum atomic E-state index is 12.6. The minimum Gasteiger partial charge on any atom is -0.395 e. The van der Waals surface area contributed by atoms with Crippen LogP contribution in [0.15, 0.2) is 24.4 Å². The maximum absolute atomic E-state index is 12.6. The number of aliphatic hydroxyl groups excluding tert-OH is 1. The standard InChI is InChI=1S/C15H19N3O2/c1-11-4-2-7-14-16-13(10-18(11)14)15(20)17(8-9-19)12-5-3-6-12/h2,4,7,10,12,19H,3,5-6,8-9H2,1H3. The second kappa shape index (κ2) is 5.25. The van der Waals surface area contributed by atoms with Crippen LogP contribution >= 0.6 is 0 Å². The predicted molar refractivity (Wildman–Crippen MR) is 75.7 cm³/mol. The SMILES string of the molecule is Cc1cccc2nc(C(=O)N(CCO)C3CCC3)cn12. The summed E-state index contributed by atoms with van der Waals surface area (Å²) in [5.41, 5.74) is 2.29. The van der Waals surface area contributed by atoms with Crippen molar-refractivity contribution in [1.82, 2.24) is 14.3 Å². The van der Waals surface area contributed by atoms with Crippen molar-refractivity contribution in [3.63, 3.8) is 0 Å². The average Bonchev–Trinajstić information content (AvgIpc) is 2.81. The minimum absolute atomic E-state index is 0.00532. The second-order valence-electron chi connectivity index (χ2n) is 5.33. The first-order valence-electron chi connectivity index (χ1n) is 7.07. The van der Waals surface area contributed by atoms with Crippen LogP contribution in [0.3, 0.4) is 0 Å². The Morgan fingerprint density at radius 1 is 1.50 bits per heavy atom. The number of aryl methyl sites for hydroxylation is 1. The van der Waals surface area contributed by atoms with E-state index in [1.165, 1.54) is 0 Å². The Kier molecular flexibility index (Phi) is 3.44. The van der Waals surface area contributed by atoms with E-state index in [9.17, 15) is 4.79 Å². The fourth-order valence-electron chi connectivity index (χ4n) is 2.65. The van der Waals surface area contributed by atoms with Gasteiger partial charge in [0.1, 0.15) is 11.3 Å². The van der Waals surface area contributed by atoms with E-state index in [-0.39, 0.29) is 18.6 Å². The third-order valence-corrected chi connectivity index (χ3v) is 4.03. The number of nitrogens with zero attached hydrogens (tertiary/aromatic N) is 3. The van der Waals surface area contributed by atoms with Crippen LogP contribution in [0.2, 0.25) is 0 Å². The van der Waals surface area contributed by atoms with Gasteiger partial charge in [-0.2, -0.15) is 0 Å². The molecule has 0 saturated heterocycles. The van der Waals surface area contributed by atoms with Crippen molar-refractivity contribution < 1.29 is 9.90 Å². The zero-order valence-electron chi connectivity index (χ0n) is 11.6. The van der Waals surface area contributed by atoms with Gasteiger partial charge >= 0.3 is 0 Å². The van der Waals surface area contributed by atoms with E-state index >= 15 is 0 Å². The average molecular weight is 273 g/mol. The first kappa shape index (κ1) is 13.1. The molecule has 0 unspecified atom stereocenters. The Hall–Kier alpha value is -1.88. The highest BCUT2D eigenvalue weighted by molar-refractivity contribution is 5.93. The number of fused-ring (bicyclic) bond motifs is 1. The molecule has 0 radical (unpaired) electrons. The number of carbonyl (C=O) groups is 1. The van der Waals surface area contributed by atoms with Crippen molar-refractivity contribution in [2.45, 2.75) is 32.2 Å². The van der Waals surface area contributed by atoms with Crippen LogP contribution in [0.5, 0.6) is 0 Å². The molecule has 3 rings (SSSR count). The molecule has 106 valence electrons. The molecular weight excluding hydrogens is 254 g/mol. The molecule has 1 amide bonds. The van der Waals surface area contributed by atoms with Crippen LogP contribution in [0.4, 0.5) is 0 Å². The summed E-state index contributed by atoms with van der Waals surface area (Å²) in [7, 11) is 0. The van der Waals surface area contributed by atoms with E-state index in [1.54, 1.807) is 11.1 Å². The van der Waals surface area contributed by atoms with Crippen molar-refractivity contribution in [1.29, 1.82) is 0 Å². The number of carbonyl (C=O) groups excluding carboxylic acids is 1. The van der Waals surface area contributed by atoms with E-state index < -0.39 is 0 Å². The molecule has 1 aliphatic carbocycles. The Morgan fingerprint density at radius 3 is 2.90 bits per heavy atom.